The molecule has 1 atom stereocenters. The predicted molar refractivity (Wildman–Crippen MR) is 102 cm³/mol. The molecule has 1 aromatic rings. The highest BCUT2D eigenvalue weighted by Crippen LogP contribution is 2.26. The van der Waals surface area contributed by atoms with Gasteiger partial charge in [0.1, 0.15) is 0 Å². The van der Waals surface area contributed by atoms with Crippen molar-refractivity contribution in [3.63, 3.8) is 0 Å². The number of amides is 1. The molecule has 1 heterocycles. The number of rotatable bonds is 9. The van der Waals surface area contributed by atoms with Crippen molar-refractivity contribution in [1.29, 1.82) is 0 Å². The number of carbonyl (C=O) groups excluding carboxylic acids is 2. The van der Waals surface area contributed by atoms with Crippen LogP contribution < -0.4 is 5.32 Å². The Hall–Kier alpha value is -1.37. The quantitative estimate of drug-likeness (QED) is 0.508. The van der Waals surface area contributed by atoms with Gasteiger partial charge in [0.15, 0.2) is 0 Å². The molecule has 6 nitrogen and oxygen atoms in total. The number of Topliss-reactive ketones (excluding diaryl/α,β-unsaturated/α-hetero) is 1. The van der Waals surface area contributed by atoms with Gasteiger partial charge in [-0.2, -0.15) is 0 Å². The highest BCUT2D eigenvalue weighted by Gasteiger charge is 2.28. The van der Waals surface area contributed by atoms with Gasteiger partial charge in [0.05, 0.1) is 6.04 Å². The number of carbonyl (C=O) groups is 2. The van der Waals surface area contributed by atoms with Crippen molar-refractivity contribution in [2.75, 3.05) is 0 Å². The van der Waals surface area contributed by atoms with E-state index < -0.39 is 6.04 Å². The minimum absolute atomic E-state index is 0.0169. The normalized spacial score (nSPS) is 16.8. The number of nitrogens with zero attached hydrogens (tertiary/aromatic N) is 2. The van der Waals surface area contributed by atoms with E-state index in [9.17, 15) is 9.59 Å². The fraction of sp³-hybridized carbons (Fsp3) is 0.789. The average molecular weight is 382 g/mol. The Kier molecular flexibility index (Phi) is 8.13. The van der Waals surface area contributed by atoms with Crippen molar-refractivity contribution in [3.05, 3.63) is 5.89 Å². The molecule has 1 aromatic heterocycles. The second kappa shape index (κ2) is 10.1. The first-order valence-corrected chi connectivity index (χ1v) is 10.6. The fourth-order valence-electron chi connectivity index (χ4n) is 3.32. The smallest absolute Gasteiger partial charge is 0.286 e. The zero-order chi connectivity index (χ0) is 19.1. The Balaban J connectivity index is 1.99. The number of thioether (sulfide) groups is 1. The van der Waals surface area contributed by atoms with Gasteiger partial charge < -0.3 is 9.73 Å². The van der Waals surface area contributed by atoms with Crippen molar-refractivity contribution in [1.82, 2.24) is 15.5 Å². The summed E-state index contributed by atoms with van der Waals surface area (Å²) in [6.45, 7) is 8.09. The van der Waals surface area contributed by atoms with Gasteiger partial charge >= 0.3 is 0 Å². The Morgan fingerprint density at radius 1 is 1.15 bits per heavy atom. The van der Waals surface area contributed by atoms with E-state index in [2.05, 4.69) is 15.5 Å². The van der Waals surface area contributed by atoms with E-state index in [1.54, 1.807) is 0 Å². The largest absolute Gasteiger partial charge is 0.408 e. The molecule has 1 unspecified atom stereocenters. The molecule has 1 aliphatic carbocycles. The van der Waals surface area contributed by atoms with Gasteiger partial charge in [-0.1, -0.05) is 58.7 Å². The molecule has 26 heavy (non-hydrogen) atoms. The summed E-state index contributed by atoms with van der Waals surface area (Å²) in [7, 11) is 0. The molecule has 0 aromatic carbocycles. The van der Waals surface area contributed by atoms with Crippen molar-refractivity contribution >= 4 is 23.5 Å². The lowest BCUT2D eigenvalue weighted by molar-refractivity contribution is -0.122. The predicted octanol–water partition coefficient (Wildman–Crippen LogP) is 4.25. The van der Waals surface area contributed by atoms with E-state index in [1.807, 2.05) is 27.7 Å². The van der Waals surface area contributed by atoms with Gasteiger partial charge in [-0.25, -0.2) is 0 Å². The van der Waals surface area contributed by atoms with E-state index in [0.29, 0.717) is 29.2 Å². The molecule has 146 valence electrons. The van der Waals surface area contributed by atoms with Crippen molar-refractivity contribution < 1.29 is 14.0 Å². The molecule has 0 saturated heterocycles. The Bertz CT molecular complexity index is 595. The summed E-state index contributed by atoms with van der Waals surface area (Å²) in [6, 6.07) is -0.608. The van der Waals surface area contributed by atoms with E-state index in [4.69, 9.17) is 4.42 Å². The van der Waals surface area contributed by atoms with Gasteiger partial charge in [0, 0.05) is 11.7 Å². The second-order valence-corrected chi connectivity index (χ2v) is 9.39. The fourth-order valence-corrected chi connectivity index (χ4v) is 3.94. The average Bonchev–Trinajstić information content (AvgIpc) is 3.01. The third-order valence-electron chi connectivity index (χ3n) is 4.51. The first-order chi connectivity index (χ1) is 12.3. The second-order valence-electron chi connectivity index (χ2n) is 7.86. The maximum absolute atomic E-state index is 12.8. The number of aromatic nitrogens is 2. The number of ketones is 1. The van der Waals surface area contributed by atoms with Crippen LogP contribution in [0.25, 0.3) is 0 Å². The van der Waals surface area contributed by atoms with Gasteiger partial charge in [-0.3, -0.25) is 9.59 Å². The highest BCUT2D eigenvalue weighted by molar-refractivity contribution is 7.99. The van der Waals surface area contributed by atoms with E-state index in [1.165, 1.54) is 31.0 Å². The molecule has 1 aliphatic rings. The molecule has 0 radical (unpaired) electrons. The molecular formula is C19H31N3O3S. The molecule has 0 spiro atoms. The minimum atomic E-state index is -0.608. The van der Waals surface area contributed by atoms with Crippen LogP contribution in [0.3, 0.4) is 0 Å². The third-order valence-corrected chi connectivity index (χ3v) is 5.35. The molecule has 7 heteroatoms. The van der Waals surface area contributed by atoms with Crippen molar-refractivity contribution in [2.24, 2.45) is 11.8 Å². The maximum atomic E-state index is 12.8. The molecular weight excluding hydrogens is 350 g/mol. The molecule has 0 aliphatic heterocycles. The van der Waals surface area contributed by atoms with Crippen LogP contribution in [0.1, 0.15) is 83.3 Å². The lowest BCUT2D eigenvalue weighted by atomic mass is 9.86. The summed E-state index contributed by atoms with van der Waals surface area (Å²) in [5, 5.41) is 11.4. The molecule has 1 N–H and O–H groups in total. The topological polar surface area (TPSA) is 85.1 Å². The van der Waals surface area contributed by atoms with Crippen LogP contribution in [-0.4, -0.2) is 33.2 Å². The van der Waals surface area contributed by atoms with Gasteiger partial charge in [0.25, 0.3) is 11.1 Å². The summed E-state index contributed by atoms with van der Waals surface area (Å²) in [5.41, 5.74) is 0. The number of hydrogen-bond donors (Lipinski definition) is 1. The van der Waals surface area contributed by atoms with Crippen molar-refractivity contribution in [2.45, 2.75) is 89.2 Å². The van der Waals surface area contributed by atoms with Gasteiger partial charge in [-0.05, 0) is 31.1 Å². The standard InChI is InChI=1S/C19H31N3O3S/c1-12(2)10-15(20-16(23)11-14-8-6-5-7-9-14)17(24)18-21-22-19(25-18)26-13(3)4/h12-15H,5-11H2,1-4H3,(H,20,23). The summed E-state index contributed by atoms with van der Waals surface area (Å²) >= 11 is 1.42. The summed E-state index contributed by atoms with van der Waals surface area (Å²) < 4.78 is 5.49. The third kappa shape index (κ3) is 6.74. The first kappa shape index (κ1) is 20.9. The number of nitrogens with one attached hydrogen (secondary N) is 1. The molecule has 0 bridgehead atoms. The van der Waals surface area contributed by atoms with Crippen LogP contribution >= 0.6 is 11.8 Å². The lowest BCUT2D eigenvalue weighted by Gasteiger charge is -2.23. The van der Waals surface area contributed by atoms with Gasteiger partial charge in [0.2, 0.25) is 11.7 Å². The van der Waals surface area contributed by atoms with Crippen LogP contribution in [-0.2, 0) is 4.79 Å². The minimum Gasteiger partial charge on any atom is -0.408 e. The zero-order valence-corrected chi connectivity index (χ0v) is 17.1. The van der Waals surface area contributed by atoms with Crippen LogP contribution in [0.5, 0.6) is 0 Å². The Labute approximate surface area is 160 Å². The summed E-state index contributed by atoms with van der Waals surface area (Å²) in [6.07, 6.45) is 6.94. The first-order valence-electron chi connectivity index (χ1n) is 9.69. The Morgan fingerprint density at radius 2 is 1.85 bits per heavy atom. The SMILES string of the molecule is CC(C)CC(NC(=O)CC1CCCCC1)C(=O)c1nnc(SC(C)C)o1. The Morgan fingerprint density at radius 3 is 2.46 bits per heavy atom. The van der Waals surface area contributed by atoms with E-state index in [-0.39, 0.29) is 23.5 Å². The molecule has 1 saturated carbocycles. The number of hydrogen-bond acceptors (Lipinski definition) is 6. The maximum Gasteiger partial charge on any atom is 0.286 e. The lowest BCUT2D eigenvalue weighted by Crippen LogP contribution is -2.42. The molecule has 1 fully saturated rings. The van der Waals surface area contributed by atoms with Crippen molar-refractivity contribution in [3.8, 4) is 0 Å². The molecule has 1 amide bonds. The van der Waals surface area contributed by atoms with Crippen LogP contribution in [0, 0.1) is 11.8 Å². The van der Waals surface area contributed by atoms with Crippen LogP contribution in [0.2, 0.25) is 0 Å². The van der Waals surface area contributed by atoms with Crippen LogP contribution in [0.15, 0.2) is 9.64 Å². The zero-order valence-electron chi connectivity index (χ0n) is 16.3. The monoisotopic (exact) mass is 381 g/mol. The van der Waals surface area contributed by atoms with Gasteiger partial charge in [-0.15, -0.1) is 10.2 Å². The summed E-state index contributed by atoms with van der Waals surface area (Å²) in [4.78, 5) is 25.2. The van der Waals surface area contributed by atoms with Crippen LogP contribution in [0.4, 0.5) is 0 Å². The molecule has 2 rings (SSSR count). The van der Waals surface area contributed by atoms with E-state index in [0.717, 1.165) is 12.8 Å². The highest BCUT2D eigenvalue weighted by atomic mass is 32.2. The summed E-state index contributed by atoms with van der Waals surface area (Å²) in [5.74, 6) is 0.352. The van der Waals surface area contributed by atoms with E-state index >= 15 is 0 Å².